The van der Waals surface area contributed by atoms with E-state index in [1.807, 2.05) is 6.07 Å². The Kier molecular flexibility index (Phi) is 6.30. The normalized spacial score (nSPS) is 16.6. The quantitative estimate of drug-likeness (QED) is 0.456. The van der Waals surface area contributed by atoms with Crippen LogP contribution in [-0.2, 0) is 17.6 Å². The summed E-state index contributed by atoms with van der Waals surface area (Å²) >= 11 is 1.29. The smallest absolute Gasteiger partial charge is 0.288 e. The molecule has 0 spiro atoms. The fraction of sp³-hybridized carbons (Fsp3) is 0.550. The number of nitriles is 1. The third-order valence-corrected chi connectivity index (χ3v) is 6.31. The monoisotopic (exact) mass is 413 g/mol. The zero-order valence-corrected chi connectivity index (χ0v) is 17.2. The van der Waals surface area contributed by atoms with E-state index in [2.05, 4.69) is 21.7 Å². The molecule has 29 heavy (non-hydrogen) atoms. The van der Waals surface area contributed by atoms with E-state index in [9.17, 15) is 10.1 Å². The van der Waals surface area contributed by atoms with Gasteiger partial charge in [0.05, 0.1) is 29.2 Å². The van der Waals surface area contributed by atoms with Crippen molar-refractivity contribution in [1.82, 2.24) is 10.3 Å². The lowest BCUT2D eigenvalue weighted by atomic mass is 10.1. The summed E-state index contributed by atoms with van der Waals surface area (Å²) in [6.07, 6.45) is 10.6. The van der Waals surface area contributed by atoms with Crippen molar-refractivity contribution in [3.63, 3.8) is 0 Å². The fourth-order valence-electron chi connectivity index (χ4n) is 3.80. The highest BCUT2D eigenvalue weighted by Crippen LogP contribution is 2.27. The van der Waals surface area contributed by atoms with Crippen LogP contribution >= 0.6 is 11.8 Å². The molecular formula is C20H25N6O2S+. The first-order valence-corrected chi connectivity index (χ1v) is 11.2. The Labute approximate surface area is 174 Å². The summed E-state index contributed by atoms with van der Waals surface area (Å²) in [4.78, 5) is 18.7. The number of nitrogens with one attached hydrogen (secondary N) is 1. The van der Waals surface area contributed by atoms with Gasteiger partial charge >= 0.3 is 5.88 Å². The van der Waals surface area contributed by atoms with E-state index in [1.165, 1.54) is 30.2 Å². The number of amides is 1. The minimum atomic E-state index is -0.211. The molecule has 9 heteroatoms. The lowest BCUT2D eigenvalue weighted by Gasteiger charge is -2.17. The molecule has 0 bridgehead atoms. The van der Waals surface area contributed by atoms with Gasteiger partial charge in [0.1, 0.15) is 11.1 Å². The summed E-state index contributed by atoms with van der Waals surface area (Å²) < 4.78 is 5.24. The van der Waals surface area contributed by atoms with Crippen molar-refractivity contribution in [2.45, 2.75) is 56.4 Å². The molecule has 2 aromatic heterocycles. The molecule has 4 rings (SSSR count). The van der Waals surface area contributed by atoms with Crippen LogP contribution in [0, 0.1) is 11.3 Å². The number of hydrogen-bond acceptors (Lipinski definition) is 7. The number of fused-ring (bicyclic) bond motifs is 1. The lowest BCUT2D eigenvalue weighted by Crippen LogP contribution is -2.60. The summed E-state index contributed by atoms with van der Waals surface area (Å²) in [6, 6.07) is 4.18. The molecule has 0 atom stereocenters. The van der Waals surface area contributed by atoms with Crippen LogP contribution in [0.3, 0.4) is 0 Å². The van der Waals surface area contributed by atoms with E-state index in [4.69, 9.17) is 9.51 Å². The van der Waals surface area contributed by atoms with E-state index in [0.717, 1.165) is 57.3 Å². The van der Waals surface area contributed by atoms with Crippen LogP contribution in [0.4, 0.5) is 5.88 Å². The summed E-state index contributed by atoms with van der Waals surface area (Å²) in [6.45, 7) is 1.86. The summed E-state index contributed by atoms with van der Waals surface area (Å²) in [5, 5.41) is 18.9. The van der Waals surface area contributed by atoms with Crippen molar-refractivity contribution in [3.05, 3.63) is 29.1 Å². The van der Waals surface area contributed by atoms with Gasteiger partial charge in [-0.2, -0.15) is 10.3 Å². The number of thioether (sulfide) groups is 1. The number of hydrogen-bond donors (Lipinski definition) is 1. The summed E-state index contributed by atoms with van der Waals surface area (Å²) in [7, 11) is 0. The average Bonchev–Trinajstić information content (AvgIpc) is 3.09. The van der Waals surface area contributed by atoms with Gasteiger partial charge in [-0.05, 0) is 56.6 Å². The van der Waals surface area contributed by atoms with Crippen molar-refractivity contribution >= 4 is 23.6 Å². The minimum Gasteiger partial charge on any atom is -0.288 e. The van der Waals surface area contributed by atoms with E-state index in [1.54, 1.807) is 11.0 Å². The molecule has 1 fully saturated rings. The molecule has 0 unspecified atom stereocenters. The van der Waals surface area contributed by atoms with Gasteiger partial charge in [0.2, 0.25) is 11.2 Å². The second-order valence-corrected chi connectivity index (χ2v) is 8.42. The molecule has 0 aromatic carbocycles. The zero-order valence-electron chi connectivity index (χ0n) is 16.4. The SMILES string of the molecule is N#Cc1cc2c(nc1SCC(=O)Nc1c[n+](N3CCCCC3)no1)CCCCC2. The van der Waals surface area contributed by atoms with Crippen LogP contribution in [-0.4, -0.2) is 35.0 Å². The third-order valence-electron chi connectivity index (χ3n) is 5.32. The van der Waals surface area contributed by atoms with E-state index in [-0.39, 0.29) is 11.7 Å². The van der Waals surface area contributed by atoms with Crippen LogP contribution in [0.15, 0.2) is 21.8 Å². The first-order valence-electron chi connectivity index (χ1n) is 10.2. The molecule has 0 saturated carbocycles. The number of piperidine rings is 1. The van der Waals surface area contributed by atoms with Gasteiger partial charge in [-0.25, -0.2) is 4.98 Å². The molecule has 0 radical (unpaired) electrons. The molecule has 8 nitrogen and oxygen atoms in total. The van der Waals surface area contributed by atoms with E-state index >= 15 is 0 Å². The number of carbonyl (C=O) groups excluding carboxylic acids is 1. The number of aromatic nitrogens is 3. The zero-order chi connectivity index (χ0) is 20.1. The van der Waals surface area contributed by atoms with Crippen LogP contribution in [0.2, 0.25) is 0 Å². The molecule has 1 N–H and O–H groups in total. The van der Waals surface area contributed by atoms with Gasteiger partial charge < -0.3 is 0 Å². The van der Waals surface area contributed by atoms with Crippen LogP contribution in [0.1, 0.15) is 55.3 Å². The van der Waals surface area contributed by atoms with Crippen LogP contribution in [0.25, 0.3) is 0 Å². The second-order valence-electron chi connectivity index (χ2n) is 7.46. The van der Waals surface area contributed by atoms with Gasteiger partial charge in [-0.15, -0.1) is 0 Å². The van der Waals surface area contributed by atoms with Crippen molar-refractivity contribution in [3.8, 4) is 6.07 Å². The third kappa shape index (κ3) is 4.88. The van der Waals surface area contributed by atoms with Crippen molar-refractivity contribution < 1.29 is 14.1 Å². The molecule has 1 amide bonds. The Morgan fingerprint density at radius 3 is 2.86 bits per heavy atom. The first kappa shape index (κ1) is 19.7. The molecule has 2 aliphatic rings. The Balaban J connectivity index is 1.37. The highest BCUT2D eigenvalue weighted by molar-refractivity contribution is 8.00. The molecule has 1 saturated heterocycles. The average molecular weight is 414 g/mol. The Bertz CT molecular complexity index is 916. The molecule has 1 aliphatic heterocycles. The maximum atomic E-state index is 12.4. The van der Waals surface area contributed by atoms with Crippen LogP contribution < -0.4 is 15.1 Å². The number of pyridine rings is 1. The van der Waals surface area contributed by atoms with Gasteiger partial charge in [-0.3, -0.25) is 14.6 Å². The maximum Gasteiger partial charge on any atom is 0.305 e. The fourth-order valence-corrected chi connectivity index (χ4v) is 4.57. The predicted octanol–water partition coefficient (Wildman–Crippen LogP) is 2.35. The van der Waals surface area contributed by atoms with Gasteiger partial charge in [0.25, 0.3) is 6.20 Å². The standard InChI is InChI=1S/C20H24N6O2S/c21-12-16-11-15-7-3-1-4-8-17(15)22-20(16)29-14-18(27)23-19-13-26(24-28-19)25-9-5-2-6-10-25/h11,13H,1-10,14H2/p+1. The molecular weight excluding hydrogens is 388 g/mol. The predicted molar refractivity (Wildman–Crippen MR) is 108 cm³/mol. The number of rotatable bonds is 5. The van der Waals surface area contributed by atoms with E-state index in [0.29, 0.717) is 16.5 Å². The van der Waals surface area contributed by atoms with E-state index < -0.39 is 0 Å². The highest BCUT2D eigenvalue weighted by atomic mass is 32.2. The molecule has 2 aromatic rings. The number of aryl methyl sites for hydroxylation is 2. The molecule has 3 heterocycles. The lowest BCUT2D eigenvalue weighted by molar-refractivity contribution is -0.759. The Morgan fingerprint density at radius 1 is 1.24 bits per heavy atom. The Morgan fingerprint density at radius 2 is 2.03 bits per heavy atom. The van der Waals surface area contributed by atoms with Crippen LogP contribution in [0.5, 0.6) is 0 Å². The van der Waals surface area contributed by atoms with Gasteiger partial charge in [0.15, 0.2) is 0 Å². The first-order chi connectivity index (χ1) is 14.2. The molecule has 152 valence electrons. The largest absolute Gasteiger partial charge is 0.305 e. The second kappa shape index (κ2) is 9.27. The van der Waals surface area contributed by atoms with Crippen molar-refractivity contribution in [2.24, 2.45) is 0 Å². The van der Waals surface area contributed by atoms with Gasteiger partial charge in [0, 0.05) is 5.69 Å². The summed E-state index contributed by atoms with van der Waals surface area (Å²) in [5.41, 5.74) is 2.80. The maximum absolute atomic E-state index is 12.4. The van der Waals surface area contributed by atoms with Crippen molar-refractivity contribution in [1.29, 1.82) is 5.26 Å². The number of nitrogens with zero attached hydrogens (tertiary/aromatic N) is 5. The number of anilines is 1. The summed E-state index contributed by atoms with van der Waals surface area (Å²) in [5.74, 6) is 0.263. The van der Waals surface area contributed by atoms with Gasteiger partial charge in [-0.1, -0.05) is 18.2 Å². The number of carbonyl (C=O) groups is 1. The highest BCUT2D eigenvalue weighted by Gasteiger charge is 2.23. The van der Waals surface area contributed by atoms with Crippen molar-refractivity contribution in [2.75, 3.05) is 29.2 Å². The molecule has 1 aliphatic carbocycles. The topological polar surface area (TPSA) is 98.9 Å². The minimum absolute atomic E-state index is 0.158. The Hall–Kier alpha value is -2.60.